The molecule has 338 valence electrons. The van der Waals surface area contributed by atoms with E-state index < -0.39 is 32.5 Å². The summed E-state index contributed by atoms with van der Waals surface area (Å²) in [5, 5.41) is 0. The summed E-state index contributed by atoms with van der Waals surface area (Å²) in [6.07, 6.45) is 47.2. The Morgan fingerprint density at radius 3 is 1.47 bits per heavy atom. The maximum absolute atomic E-state index is 12.7. The van der Waals surface area contributed by atoms with Gasteiger partial charge in [-0.05, 0) is 51.4 Å². The van der Waals surface area contributed by atoms with Crippen LogP contribution in [0.3, 0.4) is 0 Å². The van der Waals surface area contributed by atoms with E-state index in [0.717, 1.165) is 57.8 Å². The molecule has 0 spiro atoms. The summed E-state index contributed by atoms with van der Waals surface area (Å²) in [6.45, 7) is 4.08. The molecule has 0 aromatic carbocycles. The predicted octanol–water partition coefficient (Wildman–Crippen LogP) is 12.8. The summed E-state index contributed by atoms with van der Waals surface area (Å²) in [4.78, 5) is 37.6. The maximum Gasteiger partial charge on any atom is 0.306 e. The summed E-state index contributed by atoms with van der Waals surface area (Å²) < 4.78 is 33.9. The molecule has 0 N–H and O–H groups in total. The highest BCUT2D eigenvalue weighted by Crippen LogP contribution is 2.38. The first kappa shape index (κ1) is 56.0. The van der Waals surface area contributed by atoms with Crippen molar-refractivity contribution >= 4 is 19.8 Å². The number of nitrogens with zero attached hydrogens (tertiary/aromatic N) is 1. The zero-order chi connectivity index (χ0) is 42.8. The summed E-state index contributed by atoms with van der Waals surface area (Å²) >= 11 is 0. The lowest BCUT2D eigenvalue weighted by molar-refractivity contribution is -0.870. The number of quaternary nitrogens is 1. The van der Waals surface area contributed by atoms with Gasteiger partial charge in [0.1, 0.15) is 19.8 Å². The summed E-state index contributed by atoms with van der Waals surface area (Å²) in [5.41, 5.74) is 0. The molecular formula is C48H88NO8P. The number of likely N-dealkylation sites (N-methyl/N-ethyl adjacent to an activating group) is 1. The van der Waals surface area contributed by atoms with Crippen molar-refractivity contribution in [3.63, 3.8) is 0 Å². The Hall–Kier alpha value is -2.03. The van der Waals surface area contributed by atoms with Crippen LogP contribution in [-0.4, -0.2) is 70.0 Å². The van der Waals surface area contributed by atoms with E-state index in [9.17, 15) is 19.0 Å². The Bertz CT molecular complexity index is 1130. The minimum Gasteiger partial charge on any atom is -0.756 e. The highest BCUT2D eigenvalue weighted by Gasteiger charge is 2.21. The standard InChI is InChI=1S/C48H88NO8P/c1-6-8-10-12-14-16-18-20-22-23-24-25-27-28-30-32-34-36-38-40-47(50)54-44-46(45-56-58(52,53)55-43-42-49(3,4)5)57-48(51)41-39-37-35-33-31-29-26-21-19-17-15-13-11-9-7-2/h9,11,15,17,21,26,31,33,46H,6-8,10,12-14,16,18-20,22-25,27-30,32,34-45H2,1-5H3/b11-9-,17-15-,26-21-,33-31-. The minimum absolute atomic E-state index is 0.0393. The molecular weight excluding hydrogens is 750 g/mol. The molecule has 0 aliphatic carbocycles. The number of hydrogen-bond donors (Lipinski definition) is 0. The Labute approximate surface area is 356 Å². The molecule has 0 saturated carbocycles. The molecule has 0 amide bonds. The van der Waals surface area contributed by atoms with E-state index in [4.69, 9.17) is 18.5 Å². The number of carbonyl (C=O) groups excluding carboxylic acids is 2. The van der Waals surface area contributed by atoms with Gasteiger partial charge in [-0.1, -0.05) is 178 Å². The van der Waals surface area contributed by atoms with Gasteiger partial charge in [0.05, 0.1) is 27.7 Å². The number of allylic oxidation sites excluding steroid dienone is 8. The lowest BCUT2D eigenvalue weighted by atomic mass is 10.0. The number of ether oxygens (including phenoxy) is 2. The zero-order valence-electron chi connectivity index (χ0n) is 38.0. The van der Waals surface area contributed by atoms with Crippen molar-refractivity contribution in [2.24, 2.45) is 0 Å². The lowest BCUT2D eigenvalue weighted by Gasteiger charge is -2.28. The molecule has 10 heteroatoms. The molecule has 0 bridgehead atoms. The lowest BCUT2D eigenvalue weighted by Crippen LogP contribution is -2.37. The van der Waals surface area contributed by atoms with Gasteiger partial charge in [0.2, 0.25) is 0 Å². The van der Waals surface area contributed by atoms with Crippen LogP contribution >= 0.6 is 7.82 Å². The van der Waals surface area contributed by atoms with Crippen LogP contribution in [0.4, 0.5) is 0 Å². The van der Waals surface area contributed by atoms with Gasteiger partial charge >= 0.3 is 11.9 Å². The molecule has 0 rings (SSSR count). The largest absolute Gasteiger partial charge is 0.756 e. The molecule has 2 unspecified atom stereocenters. The van der Waals surface area contributed by atoms with Crippen LogP contribution in [0.15, 0.2) is 48.6 Å². The minimum atomic E-state index is -4.64. The van der Waals surface area contributed by atoms with Gasteiger partial charge in [-0.2, -0.15) is 0 Å². The monoisotopic (exact) mass is 838 g/mol. The third-order valence-electron chi connectivity index (χ3n) is 9.86. The molecule has 0 aliphatic heterocycles. The molecule has 0 fully saturated rings. The SMILES string of the molecule is CC/C=C\C/C=C\C/C=C\C/C=C\CCCCC(=O)OC(COC(=O)CCCCCCCCCCCCCCCCCCCCC)COP(=O)([O-])OCC[N+](C)(C)C. The summed E-state index contributed by atoms with van der Waals surface area (Å²) in [7, 11) is 1.14. The van der Waals surface area contributed by atoms with Gasteiger partial charge in [0.25, 0.3) is 7.82 Å². The van der Waals surface area contributed by atoms with Crippen molar-refractivity contribution in [3.05, 3.63) is 48.6 Å². The van der Waals surface area contributed by atoms with Crippen molar-refractivity contribution in [1.82, 2.24) is 0 Å². The Morgan fingerprint density at radius 1 is 0.552 bits per heavy atom. The van der Waals surface area contributed by atoms with Gasteiger partial charge < -0.3 is 27.9 Å². The number of unbranched alkanes of at least 4 members (excludes halogenated alkanes) is 20. The topological polar surface area (TPSA) is 111 Å². The molecule has 9 nitrogen and oxygen atoms in total. The van der Waals surface area contributed by atoms with E-state index in [1.165, 1.54) is 103 Å². The van der Waals surface area contributed by atoms with Gasteiger partial charge in [-0.25, -0.2) is 0 Å². The van der Waals surface area contributed by atoms with E-state index >= 15 is 0 Å². The fourth-order valence-electron chi connectivity index (χ4n) is 6.23. The quantitative estimate of drug-likeness (QED) is 0.0196. The Balaban J connectivity index is 4.33. The van der Waals surface area contributed by atoms with Crippen molar-refractivity contribution in [2.45, 2.75) is 200 Å². The molecule has 0 aromatic rings. The third kappa shape index (κ3) is 43.5. The Kier molecular flexibility index (Phi) is 39.0. The average molecular weight is 838 g/mol. The van der Waals surface area contributed by atoms with Gasteiger partial charge in [0.15, 0.2) is 6.10 Å². The molecule has 0 saturated heterocycles. The van der Waals surface area contributed by atoms with Crippen molar-refractivity contribution in [3.8, 4) is 0 Å². The van der Waals surface area contributed by atoms with E-state index in [2.05, 4.69) is 62.5 Å². The number of carbonyl (C=O) groups is 2. The van der Waals surface area contributed by atoms with Crippen LogP contribution in [0.25, 0.3) is 0 Å². The molecule has 2 atom stereocenters. The fourth-order valence-corrected chi connectivity index (χ4v) is 6.96. The molecule has 58 heavy (non-hydrogen) atoms. The summed E-state index contributed by atoms with van der Waals surface area (Å²) in [5.74, 6) is -0.879. The van der Waals surface area contributed by atoms with Crippen LogP contribution in [0.2, 0.25) is 0 Å². The maximum atomic E-state index is 12.7. The smallest absolute Gasteiger partial charge is 0.306 e. The number of phosphoric acid groups is 1. The molecule has 0 radical (unpaired) electrons. The molecule has 0 aliphatic rings. The molecule has 0 aromatic heterocycles. The van der Waals surface area contributed by atoms with Crippen LogP contribution in [-0.2, 0) is 32.7 Å². The number of hydrogen-bond acceptors (Lipinski definition) is 8. The van der Waals surface area contributed by atoms with Crippen LogP contribution in [0.1, 0.15) is 194 Å². The van der Waals surface area contributed by atoms with Gasteiger partial charge in [0, 0.05) is 12.8 Å². The van der Waals surface area contributed by atoms with E-state index in [0.29, 0.717) is 17.4 Å². The van der Waals surface area contributed by atoms with Crippen LogP contribution < -0.4 is 4.89 Å². The second kappa shape index (κ2) is 40.4. The van der Waals surface area contributed by atoms with Gasteiger partial charge in [-0.15, -0.1) is 0 Å². The second-order valence-corrected chi connectivity index (χ2v) is 18.2. The third-order valence-corrected chi connectivity index (χ3v) is 10.8. The van der Waals surface area contributed by atoms with E-state index in [1.807, 2.05) is 21.1 Å². The molecule has 0 heterocycles. The summed E-state index contributed by atoms with van der Waals surface area (Å²) in [6, 6.07) is 0. The van der Waals surface area contributed by atoms with Crippen LogP contribution in [0, 0.1) is 0 Å². The van der Waals surface area contributed by atoms with E-state index in [-0.39, 0.29) is 26.1 Å². The first-order valence-electron chi connectivity index (χ1n) is 23.3. The highest BCUT2D eigenvalue weighted by molar-refractivity contribution is 7.45. The first-order valence-corrected chi connectivity index (χ1v) is 24.8. The van der Waals surface area contributed by atoms with E-state index in [1.54, 1.807) is 0 Å². The fraction of sp³-hybridized carbons (Fsp3) is 0.792. The second-order valence-electron chi connectivity index (χ2n) is 16.7. The normalized spacial score (nSPS) is 14.0. The Morgan fingerprint density at radius 2 is 0.983 bits per heavy atom. The highest BCUT2D eigenvalue weighted by atomic mass is 31.2. The van der Waals surface area contributed by atoms with Gasteiger partial charge in [-0.3, -0.25) is 14.2 Å². The predicted molar refractivity (Wildman–Crippen MR) is 240 cm³/mol. The first-order chi connectivity index (χ1) is 28.0. The van der Waals surface area contributed by atoms with Crippen molar-refractivity contribution in [2.75, 3.05) is 47.5 Å². The zero-order valence-corrected chi connectivity index (χ0v) is 38.9. The van der Waals surface area contributed by atoms with Crippen LogP contribution in [0.5, 0.6) is 0 Å². The number of esters is 2. The number of phosphoric ester groups is 1. The van der Waals surface area contributed by atoms with Crippen molar-refractivity contribution < 1.29 is 42.1 Å². The number of rotatable bonds is 42. The average Bonchev–Trinajstić information content (AvgIpc) is 3.17. The van der Waals surface area contributed by atoms with Crippen molar-refractivity contribution in [1.29, 1.82) is 0 Å².